The Hall–Kier alpha value is -2.10. The van der Waals surface area contributed by atoms with Gasteiger partial charge < -0.3 is 0 Å². The molecule has 0 saturated carbocycles. The van der Waals surface area contributed by atoms with E-state index >= 15 is 0 Å². The lowest BCUT2D eigenvalue weighted by molar-refractivity contribution is 0.0138. The molecule has 2 aromatic rings. The number of fused-ring (bicyclic) bond motifs is 1. The molecular weight excluding hydrogens is 275 g/mol. The lowest BCUT2D eigenvalue weighted by Gasteiger charge is -2.14. The molecule has 0 unspecified atom stereocenters. The summed E-state index contributed by atoms with van der Waals surface area (Å²) >= 11 is 0. The summed E-state index contributed by atoms with van der Waals surface area (Å²) in [6.45, 7) is 4.71. The van der Waals surface area contributed by atoms with Gasteiger partial charge in [-0.25, -0.2) is 13.2 Å². The van der Waals surface area contributed by atoms with E-state index in [1.54, 1.807) is 12.4 Å². The van der Waals surface area contributed by atoms with Gasteiger partial charge in [0.2, 0.25) is 0 Å². The first-order chi connectivity index (χ1) is 9.88. The summed E-state index contributed by atoms with van der Waals surface area (Å²) in [4.78, 5) is 4.16. The lowest BCUT2D eigenvalue weighted by Crippen LogP contribution is -2.09. The molecule has 0 N–H and O–H groups in total. The number of allylic oxidation sites excluding steroid dienone is 1. The zero-order valence-corrected chi connectivity index (χ0v) is 11.6. The maximum Gasteiger partial charge on any atom is 0.273 e. The fourth-order valence-electron chi connectivity index (χ4n) is 2.78. The van der Waals surface area contributed by atoms with Crippen molar-refractivity contribution < 1.29 is 13.2 Å². The van der Waals surface area contributed by atoms with Crippen LogP contribution in [0.1, 0.15) is 30.0 Å². The molecule has 1 nitrogen and oxygen atoms in total. The van der Waals surface area contributed by atoms with E-state index in [2.05, 4.69) is 11.6 Å². The van der Waals surface area contributed by atoms with Crippen molar-refractivity contribution in [2.45, 2.75) is 25.7 Å². The summed E-state index contributed by atoms with van der Waals surface area (Å²) in [6, 6.07) is 3.80. The third kappa shape index (κ3) is 2.35. The highest BCUT2D eigenvalue weighted by Gasteiger charge is 2.28. The second-order valence-electron chi connectivity index (χ2n) is 5.41. The molecule has 0 radical (unpaired) electrons. The average Bonchev–Trinajstić information content (AvgIpc) is 2.79. The second-order valence-corrected chi connectivity index (χ2v) is 5.41. The predicted octanol–water partition coefficient (Wildman–Crippen LogP) is 4.96. The second kappa shape index (κ2) is 4.72. The van der Waals surface area contributed by atoms with E-state index in [1.807, 2.05) is 0 Å². The van der Waals surface area contributed by atoms with Gasteiger partial charge in [-0.05, 0) is 47.2 Å². The summed E-state index contributed by atoms with van der Waals surface area (Å²) in [5.41, 5.74) is 3.73. The van der Waals surface area contributed by atoms with E-state index in [0.717, 1.165) is 47.2 Å². The Kier molecular flexibility index (Phi) is 3.12. The molecule has 0 atom stereocenters. The van der Waals surface area contributed by atoms with Gasteiger partial charge in [0.15, 0.2) is 0 Å². The van der Waals surface area contributed by atoms with Crippen LogP contribution in [0.2, 0.25) is 0 Å². The van der Waals surface area contributed by atoms with Gasteiger partial charge in [-0.1, -0.05) is 12.6 Å². The van der Waals surface area contributed by atoms with Crippen LogP contribution in [-0.2, 0) is 12.3 Å². The van der Waals surface area contributed by atoms with Crippen LogP contribution < -0.4 is 0 Å². The summed E-state index contributed by atoms with van der Waals surface area (Å²) in [5, 5.41) is 0. The van der Waals surface area contributed by atoms with Gasteiger partial charge in [0, 0.05) is 24.9 Å². The molecule has 1 heterocycles. The number of pyridine rings is 1. The molecular formula is C17H14F3N. The van der Waals surface area contributed by atoms with Gasteiger partial charge in [-0.2, -0.15) is 0 Å². The molecule has 4 heteroatoms. The highest BCUT2D eigenvalue weighted by atomic mass is 19.3. The summed E-state index contributed by atoms with van der Waals surface area (Å²) in [5.74, 6) is -4.09. The minimum absolute atomic E-state index is 0.549. The van der Waals surface area contributed by atoms with Crippen LogP contribution in [0.3, 0.4) is 0 Å². The Morgan fingerprint density at radius 1 is 1.19 bits per heavy atom. The standard InChI is InChI=1S/C17H14F3N/c1-10-3-4-12-8-21-9-13(16(10)12)11-5-6-14(15(18)7-11)17(2,19)20/h5-9H,1,3-4H2,2H3. The predicted molar refractivity (Wildman–Crippen MR) is 76.6 cm³/mol. The molecule has 0 fully saturated rings. The Balaban J connectivity index is 2.13. The number of aryl methyl sites for hydroxylation is 1. The Morgan fingerprint density at radius 3 is 2.62 bits per heavy atom. The molecule has 21 heavy (non-hydrogen) atoms. The fourth-order valence-corrected chi connectivity index (χ4v) is 2.78. The Bertz CT molecular complexity index is 729. The molecule has 108 valence electrons. The third-order valence-electron chi connectivity index (χ3n) is 3.83. The fraction of sp³-hybridized carbons (Fsp3) is 0.235. The van der Waals surface area contributed by atoms with Gasteiger partial charge >= 0.3 is 0 Å². The maximum atomic E-state index is 14.0. The van der Waals surface area contributed by atoms with E-state index < -0.39 is 17.3 Å². The molecule has 0 saturated heterocycles. The van der Waals surface area contributed by atoms with Crippen LogP contribution in [0, 0.1) is 5.82 Å². The molecule has 0 spiro atoms. The van der Waals surface area contributed by atoms with Crippen LogP contribution in [0.4, 0.5) is 13.2 Å². The largest absolute Gasteiger partial charge is 0.273 e. The van der Waals surface area contributed by atoms with Crippen LogP contribution in [0.25, 0.3) is 16.7 Å². The van der Waals surface area contributed by atoms with Gasteiger partial charge in [0.1, 0.15) is 5.82 Å². The normalized spacial score (nSPS) is 14.4. The molecule has 1 aromatic carbocycles. The van der Waals surface area contributed by atoms with Crippen LogP contribution >= 0.6 is 0 Å². The van der Waals surface area contributed by atoms with Crippen molar-refractivity contribution in [1.29, 1.82) is 0 Å². The van der Waals surface area contributed by atoms with Crippen molar-refractivity contribution in [1.82, 2.24) is 4.98 Å². The minimum Gasteiger partial charge on any atom is -0.264 e. The molecule has 1 aliphatic rings. The third-order valence-corrected chi connectivity index (χ3v) is 3.83. The average molecular weight is 289 g/mol. The van der Waals surface area contributed by atoms with Crippen LogP contribution in [0.15, 0.2) is 37.2 Å². The van der Waals surface area contributed by atoms with Crippen molar-refractivity contribution in [2.75, 3.05) is 0 Å². The van der Waals surface area contributed by atoms with Gasteiger partial charge in [-0.15, -0.1) is 0 Å². The van der Waals surface area contributed by atoms with Crippen LogP contribution in [-0.4, -0.2) is 4.98 Å². The lowest BCUT2D eigenvalue weighted by atomic mass is 9.96. The molecule has 1 aliphatic carbocycles. The number of hydrogen-bond acceptors (Lipinski definition) is 1. The molecule has 0 bridgehead atoms. The molecule has 0 amide bonds. The molecule has 3 rings (SSSR count). The highest BCUT2D eigenvalue weighted by molar-refractivity contribution is 5.84. The first-order valence-corrected chi connectivity index (χ1v) is 6.71. The van der Waals surface area contributed by atoms with E-state index in [0.29, 0.717) is 12.5 Å². The van der Waals surface area contributed by atoms with E-state index in [-0.39, 0.29) is 0 Å². The zero-order valence-electron chi connectivity index (χ0n) is 11.6. The van der Waals surface area contributed by atoms with Crippen LogP contribution in [0.5, 0.6) is 0 Å². The quantitative estimate of drug-likeness (QED) is 0.761. The number of rotatable bonds is 2. The molecule has 0 aliphatic heterocycles. The maximum absolute atomic E-state index is 14.0. The Labute approximate surface area is 121 Å². The van der Waals surface area contributed by atoms with Crippen molar-refractivity contribution in [3.8, 4) is 11.1 Å². The van der Waals surface area contributed by atoms with Gasteiger partial charge in [0.25, 0.3) is 5.92 Å². The SMILES string of the molecule is C=C1CCc2cncc(-c3ccc(C(C)(F)F)c(F)c3)c21. The number of alkyl halides is 2. The van der Waals surface area contributed by atoms with Crippen molar-refractivity contribution in [3.63, 3.8) is 0 Å². The van der Waals surface area contributed by atoms with Crippen molar-refractivity contribution in [3.05, 3.63) is 59.7 Å². The van der Waals surface area contributed by atoms with Gasteiger partial charge in [0.05, 0.1) is 5.56 Å². The van der Waals surface area contributed by atoms with E-state index in [1.165, 1.54) is 6.07 Å². The van der Waals surface area contributed by atoms with Gasteiger partial charge in [-0.3, -0.25) is 4.98 Å². The Morgan fingerprint density at radius 2 is 1.95 bits per heavy atom. The zero-order chi connectivity index (χ0) is 15.2. The monoisotopic (exact) mass is 289 g/mol. The van der Waals surface area contributed by atoms with E-state index in [4.69, 9.17) is 0 Å². The van der Waals surface area contributed by atoms with Crippen molar-refractivity contribution >= 4 is 5.57 Å². The first kappa shape index (κ1) is 13.9. The number of halogens is 3. The van der Waals surface area contributed by atoms with E-state index in [9.17, 15) is 13.2 Å². The number of benzene rings is 1. The number of aromatic nitrogens is 1. The number of hydrogen-bond donors (Lipinski definition) is 0. The smallest absolute Gasteiger partial charge is 0.264 e. The summed E-state index contributed by atoms with van der Waals surface area (Å²) in [7, 11) is 0. The first-order valence-electron chi connectivity index (χ1n) is 6.71. The topological polar surface area (TPSA) is 12.9 Å². The summed E-state index contributed by atoms with van der Waals surface area (Å²) in [6.07, 6.45) is 5.13. The molecule has 1 aromatic heterocycles. The van der Waals surface area contributed by atoms with Crippen molar-refractivity contribution in [2.24, 2.45) is 0 Å². The summed E-state index contributed by atoms with van der Waals surface area (Å²) < 4.78 is 40.5. The minimum atomic E-state index is -3.19. The number of nitrogens with zero attached hydrogens (tertiary/aromatic N) is 1. The highest BCUT2D eigenvalue weighted by Crippen LogP contribution is 2.39.